The maximum Gasteiger partial charge on any atom is 0.123 e. The molecule has 0 radical (unpaired) electrons. The van der Waals surface area contributed by atoms with Crippen LogP contribution in [0.5, 0.6) is 0 Å². The van der Waals surface area contributed by atoms with Crippen molar-refractivity contribution in [2.75, 3.05) is 6.54 Å². The minimum atomic E-state index is 0.512. The average Bonchev–Trinajstić information content (AvgIpc) is 3.21. The molecular formula is C19H25N5. The van der Waals surface area contributed by atoms with E-state index in [0.29, 0.717) is 5.92 Å². The van der Waals surface area contributed by atoms with E-state index in [9.17, 15) is 0 Å². The van der Waals surface area contributed by atoms with Crippen LogP contribution in [-0.2, 0) is 19.6 Å². The molecule has 3 aromatic rings. The van der Waals surface area contributed by atoms with Crippen molar-refractivity contribution < 1.29 is 0 Å². The summed E-state index contributed by atoms with van der Waals surface area (Å²) in [6, 6.07) is 8.42. The summed E-state index contributed by atoms with van der Waals surface area (Å²) in [5, 5.41) is 3.63. The van der Waals surface area contributed by atoms with Gasteiger partial charge in [-0.3, -0.25) is 0 Å². The quantitative estimate of drug-likeness (QED) is 0.757. The van der Waals surface area contributed by atoms with Crippen LogP contribution in [0, 0.1) is 0 Å². The number of benzene rings is 1. The summed E-state index contributed by atoms with van der Waals surface area (Å²) in [5.74, 6) is 2.88. The Bertz CT molecular complexity index is 816. The molecule has 1 N–H and O–H groups in total. The lowest BCUT2D eigenvalue weighted by molar-refractivity contribution is 0.419. The predicted molar refractivity (Wildman–Crippen MR) is 95.9 cm³/mol. The third kappa shape index (κ3) is 2.84. The zero-order chi connectivity index (χ0) is 16.4. The zero-order valence-electron chi connectivity index (χ0n) is 14.3. The SMILES string of the molecule is CCCn1c(CNC[C@H]2CCCn3ccnc32)nc2ccccc21. The largest absolute Gasteiger partial charge is 0.335 e. The van der Waals surface area contributed by atoms with Gasteiger partial charge >= 0.3 is 0 Å². The van der Waals surface area contributed by atoms with Crippen molar-refractivity contribution in [3.63, 3.8) is 0 Å². The van der Waals surface area contributed by atoms with E-state index in [1.807, 2.05) is 6.20 Å². The van der Waals surface area contributed by atoms with E-state index in [-0.39, 0.29) is 0 Å². The molecule has 0 amide bonds. The molecule has 0 bridgehead atoms. The lowest BCUT2D eigenvalue weighted by Gasteiger charge is -2.23. The number of nitrogens with one attached hydrogen (secondary N) is 1. The second-order valence-electron chi connectivity index (χ2n) is 6.62. The van der Waals surface area contributed by atoms with Crippen LogP contribution in [0.1, 0.15) is 43.8 Å². The molecule has 24 heavy (non-hydrogen) atoms. The van der Waals surface area contributed by atoms with Crippen LogP contribution >= 0.6 is 0 Å². The Balaban J connectivity index is 1.47. The van der Waals surface area contributed by atoms with E-state index in [4.69, 9.17) is 4.98 Å². The number of imidazole rings is 2. The molecule has 1 aromatic carbocycles. The molecule has 126 valence electrons. The van der Waals surface area contributed by atoms with E-state index >= 15 is 0 Å². The molecule has 0 fully saturated rings. The van der Waals surface area contributed by atoms with Crippen LogP contribution < -0.4 is 5.32 Å². The topological polar surface area (TPSA) is 47.7 Å². The minimum absolute atomic E-state index is 0.512. The van der Waals surface area contributed by atoms with Crippen molar-refractivity contribution in [3.05, 3.63) is 48.3 Å². The van der Waals surface area contributed by atoms with Gasteiger partial charge in [-0.15, -0.1) is 0 Å². The highest BCUT2D eigenvalue weighted by Gasteiger charge is 2.21. The molecule has 5 nitrogen and oxygen atoms in total. The van der Waals surface area contributed by atoms with Gasteiger partial charge in [-0.25, -0.2) is 9.97 Å². The van der Waals surface area contributed by atoms with Crippen molar-refractivity contribution in [2.45, 2.75) is 51.7 Å². The molecule has 4 rings (SSSR count). The van der Waals surface area contributed by atoms with Crippen LogP contribution in [0.25, 0.3) is 11.0 Å². The van der Waals surface area contributed by atoms with Crippen molar-refractivity contribution in [1.29, 1.82) is 0 Å². The molecule has 2 aromatic heterocycles. The highest BCUT2D eigenvalue weighted by atomic mass is 15.1. The van der Waals surface area contributed by atoms with Gasteiger partial charge in [0.25, 0.3) is 0 Å². The highest BCUT2D eigenvalue weighted by Crippen LogP contribution is 2.25. The summed E-state index contributed by atoms with van der Waals surface area (Å²) in [5.41, 5.74) is 2.33. The summed E-state index contributed by atoms with van der Waals surface area (Å²) >= 11 is 0. The molecule has 1 atom stereocenters. The van der Waals surface area contributed by atoms with Gasteiger partial charge in [-0.05, 0) is 31.4 Å². The summed E-state index contributed by atoms with van der Waals surface area (Å²) in [6.07, 6.45) is 7.60. The van der Waals surface area contributed by atoms with E-state index in [0.717, 1.165) is 43.9 Å². The van der Waals surface area contributed by atoms with Crippen LogP contribution in [-0.4, -0.2) is 25.6 Å². The van der Waals surface area contributed by atoms with Gasteiger partial charge in [-0.2, -0.15) is 0 Å². The number of rotatable bonds is 6. The van der Waals surface area contributed by atoms with E-state index in [1.165, 1.54) is 24.2 Å². The Morgan fingerprint density at radius 3 is 3.12 bits per heavy atom. The van der Waals surface area contributed by atoms with Gasteiger partial charge in [0, 0.05) is 37.9 Å². The second kappa shape index (κ2) is 6.77. The molecule has 0 aliphatic carbocycles. The predicted octanol–water partition coefficient (Wildman–Crippen LogP) is 3.31. The Hall–Kier alpha value is -2.14. The fraction of sp³-hybridized carbons (Fsp3) is 0.474. The Morgan fingerprint density at radius 2 is 2.21 bits per heavy atom. The molecule has 0 saturated carbocycles. The molecule has 0 unspecified atom stereocenters. The first-order chi connectivity index (χ1) is 11.9. The van der Waals surface area contributed by atoms with Crippen molar-refractivity contribution in [1.82, 2.24) is 24.4 Å². The van der Waals surface area contributed by atoms with Gasteiger partial charge in [0.1, 0.15) is 11.6 Å². The molecule has 5 heteroatoms. The van der Waals surface area contributed by atoms with Crippen LogP contribution in [0.3, 0.4) is 0 Å². The van der Waals surface area contributed by atoms with Gasteiger partial charge in [-0.1, -0.05) is 19.1 Å². The maximum atomic E-state index is 4.83. The first kappa shape index (κ1) is 15.4. The fourth-order valence-corrected chi connectivity index (χ4v) is 3.79. The monoisotopic (exact) mass is 323 g/mol. The number of aromatic nitrogens is 4. The number of hydrogen-bond donors (Lipinski definition) is 1. The van der Waals surface area contributed by atoms with Gasteiger partial charge in [0.05, 0.1) is 17.6 Å². The Morgan fingerprint density at radius 1 is 1.29 bits per heavy atom. The smallest absolute Gasteiger partial charge is 0.123 e. The van der Waals surface area contributed by atoms with Crippen molar-refractivity contribution in [3.8, 4) is 0 Å². The number of aryl methyl sites for hydroxylation is 2. The highest BCUT2D eigenvalue weighted by molar-refractivity contribution is 5.75. The Kier molecular flexibility index (Phi) is 4.34. The maximum absolute atomic E-state index is 4.83. The van der Waals surface area contributed by atoms with Gasteiger partial charge in [0.15, 0.2) is 0 Å². The van der Waals surface area contributed by atoms with Crippen molar-refractivity contribution in [2.24, 2.45) is 0 Å². The lowest BCUT2D eigenvalue weighted by Crippen LogP contribution is -2.27. The average molecular weight is 323 g/mol. The Labute approximate surface area is 142 Å². The molecule has 3 heterocycles. The number of para-hydroxylation sites is 2. The number of nitrogens with zero attached hydrogens (tertiary/aromatic N) is 4. The number of hydrogen-bond acceptors (Lipinski definition) is 3. The summed E-state index contributed by atoms with van der Waals surface area (Å²) in [4.78, 5) is 9.38. The minimum Gasteiger partial charge on any atom is -0.335 e. The third-order valence-electron chi connectivity index (χ3n) is 4.92. The molecule has 0 saturated heterocycles. The summed E-state index contributed by atoms with van der Waals surface area (Å²) < 4.78 is 4.65. The van der Waals surface area contributed by atoms with Crippen LogP contribution in [0.15, 0.2) is 36.7 Å². The summed E-state index contributed by atoms with van der Waals surface area (Å²) in [6.45, 7) is 6.12. The normalized spacial score (nSPS) is 17.3. The molecule has 1 aliphatic heterocycles. The van der Waals surface area contributed by atoms with Gasteiger partial charge in [0.2, 0.25) is 0 Å². The van der Waals surface area contributed by atoms with Crippen LogP contribution in [0.4, 0.5) is 0 Å². The third-order valence-corrected chi connectivity index (χ3v) is 4.92. The standard InChI is InChI=1S/C19H25N5/c1-2-10-24-17-8-4-3-7-16(17)22-18(24)14-20-13-15-6-5-11-23-12-9-21-19(15)23/h3-4,7-9,12,15,20H,2,5-6,10-11,13-14H2,1H3/t15-/m1/s1. The zero-order valence-corrected chi connectivity index (χ0v) is 14.3. The lowest BCUT2D eigenvalue weighted by atomic mass is 9.99. The van der Waals surface area contributed by atoms with Crippen molar-refractivity contribution >= 4 is 11.0 Å². The van der Waals surface area contributed by atoms with Gasteiger partial charge < -0.3 is 14.5 Å². The van der Waals surface area contributed by atoms with Crippen LogP contribution in [0.2, 0.25) is 0 Å². The van der Waals surface area contributed by atoms with E-state index < -0.39 is 0 Å². The second-order valence-corrected chi connectivity index (χ2v) is 6.62. The first-order valence-corrected chi connectivity index (χ1v) is 9.02. The first-order valence-electron chi connectivity index (χ1n) is 9.02. The molecule has 0 spiro atoms. The molecular weight excluding hydrogens is 298 g/mol. The fourth-order valence-electron chi connectivity index (χ4n) is 3.79. The van der Waals surface area contributed by atoms with E-state index in [2.05, 4.69) is 56.8 Å². The number of fused-ring (bicyclic) bond motifs is 2. The summed E-state index contributed by atoms with van der Waals surface area (Å²) in [7, 11) is 0. The van der Waals surface area contributed by atoms with E-state index in [1.54, 1.807) is 0 Å². The molecule has 1 aliphatic rings.